The molecule has 3 aromatic rings. The number of hydrogen-bond acceptors (Lipinski definition) is 5. The zero-order valence-corrected chi connectivity index (χ0v) is 16.0. The average Bonchev–Trinajstić information content (AvgIpc) is 2.78. The predicted octanol–water partition coefficient (Wildman–Crippen LogP) is 4.60. The topological polar surface area (TPSA) is 93.8 Å². The highest BCUT2D eigenvalue weighted by Gasteiger charge is 2.08. The molecule has 0 saturated carbocycles. The van der Waals surface area contributed by atoms with Gasteiger partial charge in [-0.15, -0.1) is 0 Å². The number of allylic oxidation sites excluding steroid dienone is 1. The fraction of sp³-hybridized carbons (Fsp3) is 0.0435. The zero-order chi connectivity index (χ0) is 21.2. The molecule has 0 fully saturated rings. The van der Waals surface area contributed by atoms with E-state index in [0.29, 0.717) is 17.7 Å². The first-order valence-electron chi connectivity index (χ1n) is 9.14. The molecule has 0 aliphatic heterocycles. The first kappa shape index (κ1) is 20.5. The molecule has 3 rings (SSSR count). The van der Waals surface area contributed by atoms with Crippen molar-refractivity contribution >= 4 is 23.9 Å². The largest absolute Gasteiger partial charge is 0.489 e. The molecule has 0 aromatic heterocycles. The molecule has 0 bridgehead atoms. The summed E-state index contributed by atoms with van der Waals surface area (Å²) in [6, 6.07) is 22.9. The summed E-state index contributed by atoms with van der Waals surface area (Å²) < 4.78 is 5.67. The van der Waals surface area contributed by atoms with Gasteiger partial charge in [0.15, 0.2) is 0 Å². The molecule has 30 heavy (non-hydrogen) atoms. The summed E-state index contributed by atoms with van der Waals surface area (Å²) >= 11 is 0. The first-order chi connectivity index (χ1) is 14.6. The molecule has 0 aliphatic rings. The number of carbonyl (C=O) groups is 1. The van der Waals surface area contributed by atoms with E-state index in [2.05, 4.69) is 10.5 Å². The fourth-order valence-electron chi connectivity index (χ4n) is 2.58. The van der Waals surface area contributed by atoms with Gasteiger partial charge in [0.1, 0.15) is 12.4 Å². The second-order valence-electron chi connectivity index (χ2n) is 6.19. The van der Waals surface area contributed by atoms with Gasteiger partial charge in [0, 0.05) is 17.8 Å². The lowest BCUT2D eigenvalue weighted by Crippen LogP contribution is -2.17. The Morgan fingerprint density at radius 3 is 2.43 bits per heavy atom. The lowest BCUT2D eigenvalue weighted by atomic mass is 10.1. The molecular formula is C23H19N3O4. The molecule has 1 N–H and O–H groups in total. The highest BCUT2D eigenvalue weighted by atomic mass is 16.6. The van der Waals surface area contributed by atoms with E-state index < -0.39 is 4.92 Å². The summed E-state index contributed by atoms with van der Waals surface area (Å²) in [4.78, 5) is 22.7. The van der Waals surface area contributed by atoms with E-state index in [9.17, 15) is 14.9 Å². The second-order valence-corrected chi connectivity index (χ2v) is 6.19. The van der Waals surface area contributed by atoms with Gasteiger partial charge in [0.05, 0.1) is 10.5 Å². The molecule has 150 valence electrons. The number of nitro groups is 1. The molecule has 7 nitrogen and oxygen atoms in total. The van der Waals surface area contributed by atoms with Crippen LogP contribution >= 0.6 is 0 Å². The molecule has 0 aliphatic carbocycles. The molecule has 0 saturated heterocycles. The van der Waals surface area contributed by atoms with Crippen LogP contribution in [0.2, 0.25) is 0 Å². The Balaban J connectivity index is 1.50. The number of nitro benzene ring substituents is 1. The van der Waals surface area contributed by atoms with E-state index in [-0.39, 0.29) is 11.6 Å². The Labute approximate surface area is 173 Å². The number of carbonyl (C=O) groups excluding carboxylic acids is 1. The van der Waals surface area contributed by atoms with E-state index in [4.69, 9.17) is 4.74 Å². The van der Waals surface area contributed by atoms with Crippen molar-refractivity contribution in [1.82, 2.24) is 5.43 Å². The van der Waals surface area contributed by atoms with Crippen LogP contribution in [0.15, 0.2) is 90.0 Å². The number of nitrogens with zero attached hydrogens (tertiary/aromatic N) is 2. The van der Waals surface area contributed by atoms with E-state index >= 15 is 0 Å². The summed E-state index contributed by atoms with van der Waals surface area (Å²) in [6.45, 7) is 0.403. The van der Waals surface area contributed by atoms with Gasteiger partial charge in [0.25, 0.3) is 11.6 Å². The van der Waals surface area contributed by atoms with Crippen molar-refractivity contribution in [3.05, 3.63) is 112 Å². The zero-order valence-electron chi connectivity index (χ0n) is 16.0. The highest BCUT2D eigenvalue weighted by Crippen LogP contribution is 2.18. The summed E-state index contributed by atoms with van der Waals surface area (Å²) in [7, 11) is 0. The van der Waals surface area contributed by atoms with E-state index in [1.807, 2.05) is 42.5 Å². The maximum Gasteiger partial charge on any atom is 0.276 e. The van der Waals surface area contributed by atoms with Crippen molar-refractivity contribution in [3.8, 4) is 5.75 Å². The van der Waals surface area contributed by atoms with Crippen molar-refractivity contribution < 1.29 is 14.5 Å². The number of amides is 1. The van der Waals surface area contributed by atoms with Gasteiger partial charge in [-0.2, -0.15) is 5.10 Å². The van der Waals surface area contributed by atoms with Crippen LogP contribution in [0.3, 0.4) is 0 Å². The van der Waals surface area contributed by atoms with Crippen LogP contribution in [-0.2, 0) is 6.61 Å². The lowest BCUT2D eigenvalue weighted by molar-refractivity contribution is -0.385. The van der Waals surface area contributed by atoms with Crippen molar-refractivity contribution in [3.63, 3.8) is 0 Å². The van der Waals surface area contributed by atoms with Crippen molar-refractivity contribution in [1.29, 1.82) is 0 Å². The van der Waals surface area contributed by atoms with Gasteiger partial charge in [0.2, 0.25) is 0 Å². The van der Waals surface area contributed by atoms with Crippen LogP contribution < -0.4 is 10.2 Å². The van der Waals surface area contributed by atoms with Crippen LogP contribution in [0, 0.1) is 10.1 Å². The summed E-state index contributed by atoms with van der Waals surface area (Å²) in [5.74, 6) is 0.420. The normalized spacial score (nSPS) is 10.9. The van der Waals surface area contributed by atoms with E-state index in [1.54, 1.807) is 36.4 Å². The number of para-hydroxylation sites is 2. The van der Waals surface area contributed by atoms with Gasteiger partial charge in [-0.05, 0) is 48.0 Å². The minimum Gasteiger partial charge on any atom is -0.489 e. The Morgan fingerprint density at radius 2 is 1.70 bits per heavy atom. The molecule has 0 radical (unpaired) electrons. The smallest absolute Gasteiger partial charge is 0.276 e. The lowest BCUT2D eigenvalue weighted by Gasteiger charge is -2.06. The fourth-order valence-corrected chi connectivity index (χ4v) is 2.58. The molecular weight excluding hydrogens is 382 g/mol. The maximum absolute atomic E-state index is 12.1. The highest BCUT2D eigenvalue weighted by molar-refractivity contribution is 5.94. The Bertz CT molecular complexity index is 1060. The minimum atomic E-state index is -0.451. The van der Waals surface area contributed by atoms with E-state index in [0.717, 1.165) is 11.3 Å². The predicted molar refractivity (Wildman–Crippen MR) is 115 cm³/mol. The Morgan fingerprint density at radius 1 is 1.00 bits per heavy atom. The molecule has 1 amide bonds. The number of hydrogen-bond donors (Lipinski definition) is 1. The van der Waals surface area contributed by atoms with Crippen molar-refractivity contribution in [2.75, 3.05) is 0 Å². The van der Waals surface area contributed by atoms with Gasteiger partial charge < -0.3 is 4.74 Å². The third kappa shape index (κ3) is 5.87. The van der Waals surface area contributed by atoms with Crippen LogP contribution in [0.5, 0.6) is 5.75 Å². The molecule has 0 atom stereocenters. The summed E-state index contributed by atoms with van der Waals surface area (Å²) in [6.07, 6.45) is 4.43. The van der Waals surface area contributed by atoms with Crippen molar-refractivity contribution in [2.45, 2.75) is 6.61 Å². The van der Waals surface area contributed by atoms with Gasteiger partial charge in [-0.3, -0.25) is 14.9 Å². The molecule has 7 heteroatoms. The minimum absolute atomic E-state index is 0.00233. The van der Waals surface area contributed by atoms with Crippen LogP contribution in [0.4, 0.5) is 5.69 Å². The van der Waals surface area contributed by atoms with Crippen molar-refractivity contribution in [2.24, 2.45) is 5.10 Å². The van der Waals surface area contributed by atoms with Gasteiger partial charge in [-0.1, -0.05) is 42.5 Å². The number of benzene rings is 3. The molecule has 3 aromatic carbocycles. The number of nitrogens with one attached hydrogen (secondary N) is 1. The average molecular weight is 401 g/mol. The molecule has 0 unspecified atom stereocenters. The quantitative estimate of drug-likeness (QED) is 0.339. The Kier molecular flexibility index (Phi) is 7.05. The van der Waals surface area contributed by atoms with Gasteiger partial charge in [-0.25, -0.2) is 5.43 Å². The molecule has 0 spiro atoms. The number of hydrazone groups is 1. The SMILES string of the molecule is O=C(N/N=C\C=C\c1ccccc1[N+](=O)[O-])c1ccc(COc2ccccc2)cc1. The summed E-state index contributed by atoms with van der Waals surface area (Å²) in [5.41, 5.74) is 4.26. The standard InChI is InChI=1S/C23H19N3O4/c27-23(25-24-16-6-8-19-7-4-5-11-22(19)26(28)29)20-14-12-18(13-15-20)17-30-21-9-2-1-3-10-21/h1-16H,17H2,(H,25,27)/b8-6+,24-16-. The third-order valence-electron chi connectivity index (χ3n) is 4.10. The maximum atomic E-state index is 12.1. The molecule has 0 heterocycles. The van der Waals surface area contributed by atoms with Crippen LogP contribution in [0.25, 0.3) is 6.08 Å². The van der Waals surface area contributed by atoms with Crippen LogP contribution in [-0.4, -0.2) is 17.0 Å². The monoisotopic (exact) mass is 401 g/mol. The second kappa shape index (κ2) is 10.3. The van der Waals surface area contributed by atoms with Gasteiger partial charge >= 0.3 is 0 Å². The summed E-state index contributed by atoms with van der Waals surface area (Å²) in [5, 5.41) is 14.8. The third-order valence-corrected chi connectivity index (χ3v) is 4.10. The number of ether oxygens (including phenoxy) is 1. The Hall–Kier alpha value is -4.26. The van der Waals surface area contributed by atoms with E-state index in [1.165, 1.54) is 18.4 Å². The first-order valence-corrected chi connectivity index (χ1v) is 9.14. The van der Waals surface area contributed by atoms with Crippen LogP contribution in [0.1, 0.15) is 21.5 Å². The number of rotatable bonds is 8.